The summed E-state index contributed by atoms with van der Waals surface area (Å²) in [6, 6.07) is 6.44. The lowest BCUT2D eigenvalue weighted by Crippen LogP contribution is -2.49. The van der Waals surface area contributed by atoms with Gasteiger partial charge < -0.3 is 4.90 Å². The highest BCUT2D eigenvalue weighted by molar-refractivity contribution is 7.89. The second-order valence-electron chi connectivity index (χ2n) is 7.20. The molecule has 1 saturated carbocycles. The molecule has 3 aliphatic rings. The van der Waals surface area contributed by atoms with Crippen molar-refractivity contribution in [2.45, 2.75) is 17.7 Å². The van der Waals surface area contributed by atoms with Crippen LogP contribution in [0.1, 0.15) is 12.8 Å². The van der Waals surface area contributed by atoms with Crippen LogP contribution in [0, 0.1) is 17.8 Å². The number of hydrogen-bond donors (Lipinski definition) is 0. The van der Waals surface area contributed by atoms with Gasteiger partial charge in [0.25, 0.3) is 0 Å². The van der Waals surface area contributed by atoms with Gasteiger partial charge in [-0.05, 0) is 54.9 Å². The maximum absolute atomic E-state index is 12.7. The first-order chi connectivity index (χ1) is 11.5. The summed E-state index contributed by atoms with van der Waals surface area (Å²) in [5.74, 6) is 2.32. The largest absolute Gasteiger partial charge is 0.300 e. The third-order valence-electron chi connectivity index (χ3n) is 5.69. The minimum Gasteiger partial charge on any atom is -0.300 e. The number of piperazine rings is 1. The standard InChI is InChI=1S/C18H23ClN2O2S/c19-17-3-5-18(6-4-17)24(22,23)21-9-7-20(8-10-21)13-16-12-14-1-2-15(16)11-14/h1-6,14-16H,7-13H2. The molecule has 0 spiro atoms. The smallest absolute Gasteiger partial charge is 0.243 e. The van der Waals surface area contributed by atoms with Crippen molar-refractivity contribution in [1.29, 1.82) is 0 Å². The minimum atomic E-state index is -3.40. The molecule has 1 aromatic carbocycles. The molecule has 1 aromatic rings. The van der Waals surface area contributed by atoms with Crippen molar-refractivity contribution in [3.05, 3.63) is 41.4 Å². The van der Waals surface area contributed by atoms with Gasteiger partial charge in [-0.1, -0.05) is 23.8 Å². The van der Waals surface area contributed by atoms with E-state index in [-0.39, 0.29) is 0 Å². The number of sulfonamides is 1. The van der Waals surface area contributed by atoms with Crippen molar-refractivity contribution in [2.24, 2.45) is 17.8 Å². The summed E-state index contributed by atoms with van der Waals surface area (Å²) in [6.07, 6.45) is 7.40. The van der Waals surface area contributed by atoms with Crippen LogP contribution in [-0.4, -0.2) is 50.3 Å². The van der Waals surface area contributed by atoms with Gasteiger partial charge in [0.1, 0.15) is 0 Å². The van der Waals surface area contributed by atoms with Crippen molar-refractivity contribution >= 4 is 21.6 Å². The van der Waals surface area contributed by atoms with Crippen LogP contribution in [0.5, 0.6) is 0 Å². The lowest BCUT2D eigenvalue weighted by atomic mass is 9.93. The van der Waals surface area contributed by atoms with Crippen LogP contribution >= 0.6 is 11.6 Å². The molecule has 1 saturated heterocycles. The van der Waals surface area contributed by atoms with E-state index in [1.165, 1.54) is 12.8 Å². The van der Waals surface area contributed by atoms with E-state index in [4.69, 9.17) is 11.6 Å². The van der Waals surface area contributed by atoms with Crippen LogP contribution in [0.4, 0.5) is 0 Å². The van der Waals surface area contributed by atoms with Crippen molar-refractivity contribution in [1.82, 2.24) is 9.21 Å². The van der Waals surface area contributed by atoms with E-state index in [0.29, 0.717) is 23.0 Å². The Morgan fingerprint density at radius 3 is 2.29 bits per heavy atom. The first-order valence-electron chi connectivity index (χ1n) is 8.69. The van der Waals surface area contributed by atoms with Crippen LogP contribution < -0.4 is 0 Å². The molecule has 130 valence electrons. The van der Waals surface area contributed by atoms with Gasteiger partial charge in [-0.2, -0.15) is 4.31 Å². The van der Waals surface area contributed by atoms with E-state index in [1.54, 1.807) is 28.6 Å². The van der Waals surface area contributed by atoms with Crippen LogP contribution in [0.3, 0.4) is 0 Å². The molecule has 3 unspecified atom stereocenters. The molecule has 1 aliphatic heterocycles. The second kappa shape index (κ2) is 6.45. The Morgan fingerprint density at radius 1 is 1.00 bits per heavy atom. The van der Waals surface area contributed by atoms with Crippen LogP contribution in [0.15, 0.2) is 41.3 Å². The Labute approximate surface area is 149 Å². The lowest BCUT2D eigenvalue weighted by molar-refractivity contribution is 0.156. The van der Waals surface area contributed by atoms with E-state index in [1.807, 2.05) is 0 Å². The van der Waals surface area contributed by atoms with Crippen molar-refractivity contribution < 1.29 is 8.42 Å². The van der Waals surface area contributed by atoms with Crippen molar-refractivity contribution in [2.75, 3.05) is 32.7 Å². The molecular formula is C18H23ClN2O2S. The lowest BCUT2D eigenvalue weighted by Gasteiger charge is -2.36. The van der Waals surface area contributed by atoms with Gasteiger partial charge in [0, 0.05) is 37.7 Å². The Hall–Kier alpha value is -0.880. The fourth-order valence-electron chi connectivity index (χ4n) is 4.34. The molecule has 0 radical (unpaired) electrons. The highest BCUT2D eigenvalue weighted by Gasteiger charge is 2.37. The Bertz CT molecular complexity index is 724. The van der Waals surface area contributed by atoms with Gasteiger partial charge in [0.15, 0.2) is 0 Å². The number of halogens is 1. The minimum absolute atomic E-state index is 0.332. The summed E-state index contributed by atoms with van der Waals surface area (Å²) in [5, 5.41) is 0.554. The van der Waals surface area contributed by atoms with E-state index < -0.39 is 10.0 Å². The zero-order valence-electron chi connectivity index (χ0n) is 13.6. The average molecular weight is 367 g/mol. The van der Waals surface area contributed by atoms with Crippen LogP contribution in [0.2, 0.25) is 5.02 Å². The summed E-state index contributed by atoms with van der Waals surface area (Å²) >= 11 is 5.85. The monoisotopic (exact) mass is 366 g/mol. The summed E-state index contributed by atoms with van der Waals surface area (Å²) in [6.45, 7) is 3.90. The van der Waals surface area contributed by atoms with Crippen LogP contribution in [0.25, 0.3) is 0 Å². The number of nitrogens with zero attached hydrogens (tertiary/aromatic N) is 2. The van der Waals surface area contributed by atoms with Gasteiger partial charge in [0.05, 0.1) is 4.90 Å². The highest BCUT2D eigenvalue weighted by atomic mass is 35.5. The molecule has 2 bridgehead atoms. The number of rotatable bonds is 4. The molecule has 0 N–H and O–H groups in total. The maximum Gasteiger partial charge on any atom is 0.243 e. The highest BCUT2D eigenvalue weighted by Crippen LogP contribution is 2.43. The summed E-state index contributed by atoms with van der Waals surface area (Å²) in [4.78, 5) is 2.77. The van der Waals surface area contributed by atoms with E-state index in [0.717, 1.165) is 37.4 Å². The summed E-state index contributed by atoms with van der Waals surface area (Å²) in [7, 11) is -3.40. The third kappa shape index (κ3) is 3.15. The predicted molar refractivity (Wildman–Crippen MR) is 95.5 cm³/mol. The van der Waals surface area contributed by atoms with Gasteiger partial charge >= 0.3 is 0 Å². The van der Waals surface area contributed by atoms with E-state index >= 15 is 0 Å². The maximum atomic E-state index is 12.7. The molecule has 4 nitrogen and oxygen atoms in total. The Kier molecular flexibility index (Phi) is 4.45. The zero-order chi connectivity index (χ0) is 16.7. The van der Waals surface area contributed by atoms with Gasteiger partial charge in [-0.25, -0.2) is 8.42 Å². The predicted octanol–water partition coefficient (Wildman–Crippen LogP) is 2.86. The molecule has 0 aromatic heterocycles. The topological polar surface area (TPSA) is 40.6 Å². The normalized spacial score (nSPS) is 31.0. The molecule has 6 heteroatoms. The SMILES string of the molecule is O=S(=O)(c1ccc(Cl)cc1)N1CCN(CC2CC3C=CC2C3)CC1. The Balaban J connectivity index is 1.35. The molecule has 3 atom stereocenters. The molecule has 24 heavy (non-hydrogen) atoms. The zero-order valence-corrected chi connectivity index (χ0v) is 15.2. The summed E-state index contributed by atoms with van der Waals surface area (Å²) < 4.78 is 27.0. The molecule has 2 aliphatic carbocycles. The Morgan fingerprint density at radius 2 is 1.71 bits per heavy atom. The molecule has 2 fully saturated rings. The molecule has 0 amide bonds. The van der Waals surface area contributed by atoms with Crippen LogP contribution in [-0.2, 0) is 10.0 Å². The summed E-state index contributed by atoms with van der Waals surface area (Å²) in [5.41, 5.74) is 0. The third-order valence-corrected chi connectivity index (χ3v) is 7.86. The fourth-order valence-corrected chi connectivity index (χ4v) is 5.89. The average Bonchev–Trinajstić information content (AvgIpc) is 3.19. The van der Waals surface area contributed by atoms with E-state index in [9.17, 15) is 8.42 Å². The number of hydrogen-bond acceptors (Lipinski definition) is 3. The quantitative estimate of drug-likeness (QED) is 0.769. The number of benzene rings is 1. The van der Waals surface area contributed by atoms with Gasteiger partial charge in [-0.15, -0.1) is 0 Å². The van der Waals surface area contributed by atoms with Gasteiger partial charge in [-0.3, -0.25) is 0 Å². The second-order valence-corrected chi connectivity index (χ2v) is 9.57. The van der Waals surface area contributed by atoms with Gasteiger partial charge in [0.2, 0.25) is 10.0 Å². The first kappa shape index (κ1) is 16.6. The number of fused-ring (bicyclic) bond motifs is 2. The molecular weight excluding hydrogens is 344 g/mol. The number of allylic oxidation sites excluding steroid dienone is 2. The van der Waals surface area contributed by atoms with Crippen molar-refractivity contribution in [3.63, 3.8) is 0 Å². The van der Waals surface area contributed by atoms with E-state index in [2.05, 4.69) is 17.1 Å². The molecule has 4 rings (SSSR count). The molecule has 1 heterocycles. The fraction of sp³-hybridized carbons (Fsp3) is 0.556. The first-order valence-corrected chi connectivity index (χ1v) is 10.5. The van der Waals surface area contributed by atoms with Crippen molar-refractivity contribution in [3.8, 4) is 0 Å².